The molecule has 7 nitrogen and oxygen atoms in total. The highest BCUT2D eigenvalue weighted by Gasteiger charge is 2.15. The first kappa shape index (κ1) is 14.3. The van der Waals surface area contributed by atoms with E-state index in [1.165, 1.54) is 11.3 Å². The average molecular weight is 339 g/mol. The summed E-state index contributed by atoms with van der Waals surface area (Å²) >= 11 is 1.20. The Bertz CT molecular complexity index is 1130. The summed E-state index contributed by atoms with van der Waals surface area (Å²) in [5, 5.41) is 9.34. The zero-order chi connectivity index (χ0) is 16.7. The summed E-state index contributed by atoms with van der Waals surface area (Å²) in [7, 11) is 0. The van der Waals surface area contributed by atoms with Gasteiger partial charge in [0.1, 0.15) is 15.0 Å². The summed E-state index contributed by atoms with van der Waals surface area (Å²) in [5.41, 5.74) is 1.67. The molecule has 2 N–H and O–H groups in total. The Labute approximate surface area is 138 Å². The van der Waals surface area contributed by atoms with Crippen molar-refractivity contribution in [2.75, 3.05) is 0 Å². The zero-order valence-corrected chi connectivity index (χ0v) is 12.8. The van der Waals surface area contributed by atoms with Crippen LogP contribution in [0.4, 0.5) is 4.79 Å². The molecule has 8 heteroatoms. The van der Waals surface area contributed by atoms with Crippen LogP contribution in [0.15, 0.2) is 47.3 Å². The van der Waals surface area contributed by atoms with Crippen LogP contribution in [0.5, 0.6) is 6.01 Å². The summed E-state index contributed by atoms with van der Waals surface area (Å²) < 4.78 is 4.82. The molecule has 3 aromatic heterocycles. The summed E-state index contributed by atoms with van der Waals surface area (Å²) in [6, 6.07) is 13.0. The van der Waals surface area contributed by atoms with Gasteiger partial charge < -0.3 is 9.84 Å². The monoisotopic (exact) mass is 339 g/mol. The first-order chi connectivity index (χ1) is 11.6. The minimum atomic E-state index is -1.54. The van der Waals surface area contributed by atoms with E-state index in [-0.39, 0.29) is 6.01 Å². The van der Waals surface area contributed by atoms with Crippen LogP contribution in [0.1, 0.15) is 0 Å². The third kappa shape index (κ3) is 2.38. The largest absolute Gasteiger partial charge is 0.513 e. The van der Waals surface area contributed by atoms with Gasteiger partial charge in [-0.1, -0.05) is 30.3 Å². The number of H-pyrrole nitrogens is 1. The first-order valence-corrected chi connectivity index (χ1v) is 7.73. The number of nitrogens with zero attached hydrogens (tertiary/aromatic N) is 2. The van der Waals surface area contributed by atoms with Gasteiger partial charge in [0, 0.05) is 10.9 Å². The Morgan fingerprint density at radius 2 is 1.92 bits per heavy atom. The minimum absolute atomic E-state index is 0.355. The van der Waals surface area contributed by atoms with E-state index >= 15 is 0 Å². The third-order valence-corrected chi connectivity index (χ3v) is 4.51. The van der Waals surface area contributed by atoms with Gasteiger partial charge in [0.05, 0.1) is 5.69 Å². The second-order valence-electron chi connectivity index (χ2n) is 4.93. The van der Waals surface area contributed by atoms with Crippen LogP contribution in [-0.4, -0.2) is 26.2 Å². The van der Waals surface area contributed by atoms with Crippen LogP contribution in [0.2, 0.25) is 0 Å². The maximum Gasteiger partial charge on any atom is 0.513 e. The van der Waals surface area contributed by atoms with Gasteiger partial charge in [-0.05, 0) is 12.1 Å². The highest BCUT2D eigenvalue weighted by Crippen LogP contribution is 2.31. The van der Waals surface area contributed by atoms with Crippen molar-refractivity contribution in [3.63, 3.8) is 0 Å². The molecular weight excluding hydrogens is 330 g/mol. The Balaban J connectivity index is 1.93. The van der Waals surface area contributed by atoms with Gasteiger partial charge in [0.2, 0.25) is 0 Å². The summed E-state index contributed by atoms with van der Waals surface area (Å²) in [6.07, 6.45) is -1.54. The first-order valence-electron chi connectivity index (χ1n) is 6.91. The molecular formula is C16H9N3O4S. The van der Waals surface area contributed by atoms with Crippen molar-refractivity contribution < 1.29 is 14.6 Å². The second kappa shape index (κ2) is 5.43. The topological polar surface area (TPSA) is 105 Å². The molecule has 0 radical (unpaired) electrons. The number of nitrogens with one attached hydrogen (secondary N) is 1. The Morgan fingerprint density at radius 1 is 1.12 bits per heavy atom. The van der Waals surface area contributed by atoms with Gasteiger partial charge in [0.25, 0.3) is 5.56 Å². The van der Waals surface area contributed by atoms with Gasteiger partial charge >= 0.3 is 12.2 Å². The van der Waals surface area contributed by atoms with Crippen molar-refractivity contribution >= 4 is 37.9 Å². The lowest BCUT2D eigenvalue weighted by atomic mass is 10.1. The molecule has 0 saturated heterocycles. The van der Waals surface area contributed by atoms with Crippen molar-refractivity contribution in [3.8, 4) is 17.3 Å². The summed E-state index contributed by atoms with van der Waals surface area (Å²) in [6.45, 7) is 0. The Hall–Kier alpha value is -3.26. The fraction of sp³-hybridized carbons (Fsp3) is 0. The van der Waals surface area contributed by atoms with Gasteiger partial charge in [-0.25, -0.2) is 9.78 Å². The molecule has 0 spiro atoms. The minimum Gasteiger partial charge on any atom is -0.449 e. The van der Waals surface area contributed by atoms with E-state index in [2.05, 4.69) is 19.7 Å². The van der Waals surface area contributed by atoms with E-state index in [9.17, 15) is 9.59 Å². The molecule has 0 unspecified atom stereocenters. The molecule has 0 saturated carbocycles. The highest BCUT2D eigenvalue weighted by molar-refractivity contribution is 7.25. The maximum absolute atomic E-state index is 12.1. The lowest BCUT2D eigenvalue weighted by molar-refractivity contribution is 0.140. The number of carboxylic acid groups (broad SMARTS) is 1. The molecule has 0 bridgehead atoms. The molecule has 24 heavy (non-hydrogen) atoms. The molecule has 0 aliphatic carbocycles. The number of rotatable bonds is 2. The average Bonchev–Trinajstić information content (AvgIpc) is 2.93. The number of pyridine rings is 1. The van der Waals surface area contributed by atoms with Crippen LogP contribution in [0.3, 0.4) is 0 Å². The SMILES string of the molecule is O=C(O)Oc1nc2c(sc3nc(-c4ccccc4)ccc32)c(=O)[nH]1. The second-order valence-corrected chi connectivity index (χ2v) is 5.93. The number of aromatic amines is 1. The van der Waals surface area contributed by atoms with Gasteiger partial charge in [-0.3, -0.25) is 9.78 Å². The molecule has 0 atom stereocenters. The maximum atomic E-state index is 12.1. The number of thiophene rings is 1. The van der Waals surface area contributed by atoms with E-state index in [1.54, 1.807) is 0 Å². The number of ether oxygens (including phenoxy) is 1. The molecule has 0 amide bonds. The standard InChI is InChI=1S/C16H9N3O4S/c20-13-12-11(18-15(19-13)23-16(21)22)9-6-7-10(17-14(9)24-12)8-4-2-1-3-5-8/h1-7H,(H,21,22)(H,18,19,20). The van der Waals surface area contributed by atoms with E-state index in [4.69, 9.17) is 5.11 Å². The lowest BCUT2D eigenvalue weighted by Crippen LogP contribution is -2.12. The normalized spacial score (nSPS) is 11.0. The number of fused-ring (bicyclic) bond motifs is 3. The predicted octanol–water partition coefficient (Wildman–Crippen LogP) is 3.26. The number of hydrogen-bond acceptors (Lipinski definition) is 6. The fourth-order valence-electron chi connectivity index (χ4n) is 2.41. The zero-order valence-electron chi connectivity index (χ0n) is 12.0. The van der Waals surface area contributed by atoms with Gasteiger partial charge in [0.15, 0.2) is 0 Å². The van der Waals surface area contributed by atoms with Crippen molar-refractivity contribution in [3.05, 3.63) is 52.8 Å². The van der Waals surface area contributed by atoms with Gasteiger partial charge in [-0.2, -0.15) is 4.98 Å². The van der Waals surface area contributed by atoms with E-state index in [1.807, 2.05) is 42.5 Å². The quantitative estimate of drug-likeness (QED) is 0.543. The molecule has 4 rings (SSSR count). The van der Waals surface area contributed by atoms with E-state index < -0.39 is 11.7 Å². The Kier molecular flexibility index (Phi) is 3.24. The molecule has 0 aliphatic rings. The molecule has 1 aromatic carbocycles. The smallest absolute Gasteiger partial charge is 0.449 e. The molecule has 4 aromatic rings. The van der Waals surface area contributed by atoms with Crippen molar-refractivity contribution in [2.45, 2.75) is 0 Å². The predicted molar refractivity (Wildman–Crippen MR) is 89.6 cm³/mol. The molecule has 118 valence electrons. The van der Waals surface area contributed by atoms with Crippen LogP contribution < -0.4 is 10.3 Å². The summed E-state index contributed by atoms with van der Waals surface area (Å²) in [4.78, 5) is 34.4. The number of hydrogen-bond donors (Lipinski definition) is 2. The van der Waals surface area contributed by atoms with Crippen LogP contribution in [0.25, 0.3) is 31.7 Å². The number of benzene rings is 1. The summed E-state index contributed by atoms with van der Waals surface area (Å²) in [5.74, 6) is 0. The Morgan fingerprint density at radius 3 is 2.67 bits per heavy atom. The van der Waals surface area contributed by atoms with Crippen LogP contribution in [0, 0.1) is 0 Å². The highest BCUT2D eigenvalue weighted by atomic mass is 32.1. The molecule has 0 fully saturated rings. The molecule has 0 aliphatic heterocycles. The molecule has 3 heterocycles. The van der Waals surface area contributed by atoms with E-state index in [0.717, 1.165) is 11.3 Å². The van der Waals surface area contributed by atoms with Crippen LogP contribution in [-0.2, 0) is 0 Å². The van der Waals surface area contributed by atoms with Crippen molar-refractivity contribution in [1.29, 1.82) is 0 Å². The lowest BCUT2D eigenvalue weighted by Gasteiger charge is -2.00. The number of carbonyl (C=O) groups is 1. The van der Waals surface area contributed by atoms with Crippen molar-refractivity contribution in [2.24, 2.45) is 0 Å². The third-order valence-electron chi connectivity index (χ3n) is 3.42. The van der Waals surface area contributed by atoms with Crippen molar-refractivity contribution in [1.82, 2.24) is 15.0 Å². The van der Waals surface area contributed by atoms with Gasteiger partial charge in [-0.15, -0.1) is 11.3 Å². The fourth-order valence-corrected chi connectivity index (χ4v) is 3.42. The van der Waals surface area contributed by atoms with Crippen LogP contribution >= 0.6 is 11.3 Å². The van der Waals surface area contributed by atoms with E-state index in [0.29, 0.717) is 20.4 Å². The number of aromatic nitrogens is 3.